The average molecular weight is 467 g/mol. The summed E-state index contributed by atoms with van der Waals surface area (Å²) in [6.45, 7) is 6.19. The topological polar surface area (TPSA) is 75.7 Å². The van der Waals surface area contributed by atoms with Crippen LogP contribution < -0.4 is 10.1 Å². The van der Waals surface area contributed by atoms with Crippen LogP contribution in [0.1, 0.15) is 52.6 Å². The van der Waals surface area contributed by atoms with Crippen LogP contribution in [0.15, 0.2) is 78.9 Å². The van der Waals surface area contributed by atoms with Gasteiger partial charge < -0.3 is 10.1 Å². The molecule has 6 nitrogen and oxygen atoms in total. The third kappa shape index (κ3) is 4.23. The van der Waals surface area contributed by atoms with Crippen LogP contribution in [0, 0.1) is 0 Å². The lowest BCUT2D eigenvalue weighted by Gasteiger charge is -2.31. The first kappa shape index (κ1) is 22.6. The molecule has 0 bridgehead atoms. The Morgan fingerprint density at radius 3 is 2.20 bits per heavy atom. The summed E-state index contributed by atoms with van der Waals surface area (Å²) in [7, 11) is 0. The molecule has 1 N–H and O–H groups in total. The second-order valence-corrected chi connectivity index (χ2v) is 9.53. The summed E-state index contributed by atoms with van der Waals surface area (Å²) in [6, 6.07) is 20.2. The molecule has 2 amide bonds. The highest BCUT2D eigenvalue weighted by atomic mass is 16.5. The van der Waals surface area contributed by atoms with Gasteiger partial charge in [-0.2, -0.15) is 0 Å². The summed E-state index contributed by atoms with van der Waals surface area (Å²) in [5.41, 5.74) is 4.20. The van der Waals surface area contributed by atoms with E-state index in [1.807, 2.05) is 49.4 Å². The van der Waals surface area contributed by atoms with E-state index in [0.29, 0.717) is 16.9 Å². The highest BCUT2D eigenvalue weighted by molar-refractivity contribution is 6.22. The highest BCUT2D eigenvalue weighted by Gasteiger charge is 2.43. The van der Waals surface area contributed by atoms with Crippen molar-refractivity contribution in [3.63, 3.8) is 0 Å². The number of carbonyl (C=O) groups is 3. The molecule has 2 heterocycles. The van der Waals surface area contributed by atoms with Crippen molar-refractivity contribution in [2.75, 3.05) is 5.32 Å². The summed E-state index contributed by atoms with van der Waals surface area (Å²) < 4.78 is 5.78. The zero-order valence-electron chi connectivity index (χ0n) is 19.9. The van der Waals surface area contributed by atoms with E-state index in [1.54, 1.807) is 30.3 Å². The van der Waals surface area contributed by atoms with E-state index in [2.05, 4.69) is 25.2 Å². The van der Waals surface area contributed by atoms with Crippen molar-refractivity contribution in [3.8, 4) is 5.75 Å². The maximum atomic E-state index is 13.5. The minimum absolute atomic E-state index is 0.157. The third-order valence-corrected chi connectivity index (χ3v) is 6.35. The number of nitrogens with zero attached hydrogens (tertiary/aromatic N) is 1. The van der Waals surface area contributed by atoms with Gasteiger partial charge in [0.2, 0.25) is 0 Å². The molecule has 0 aromatic heterocycles. The van der Waals surface area contributed by atoms with Crippen LogP contribution >= 0.6 is 0 Å². The van der Waals surface area contributed by atoms with Gasteiger partial charge in [-0.05, 0) is 62.2 Å². The third-order valence-electron chi connectivity index (χ3n) is 6.35. The molecule has 2 aliphatic heterocycles. The second-order valence-electron chi connectivity index (χ2n) is 9.53. The largest absolute Gasteiger partial charge is 0.425 e. The molecule has 3 aromatic rings. The maximum absolute atomic E-state index is 13.5. The Morgan fingerprint density at radius 1 is 0.914 bits per heavy atom. The van der Waals surface area contributed by atoms with Gasteiger partial charge in [-0.1, -0.05) is 48.5 Å². The number of rotatable bonds is 5. The van der Waals surface area contributed by atoms with Gasteiger partial charge in [-0.15, -0.1) is 0 Å². The molecule has 0 spiro atoms. The van der Waals surface area contributed by atoms with Crippen LogP contribution in [0.2, 0.25) is 0 Å². The number of fused-ring (bicyclic) bond motifs is 2. The van der Waals surface area contributed by atoms with Crippen molar-refractivity contribution < 1.29 is 19.1 Å². The smallest absolute Gasteiger partial charge is 0.335 e. The standard InChI is InChI=1S/C29H26N2O4/c1-18-17-29(2,3)30-24-14-13-20(16-23(18)24)35-28(34)25(15-19-9-5-4-6-10-19)31-26(32)21-11-7-8-12-22(21)27(31)33/h4-14,16-17,25,30H,15H2,1-3H3/t25-/m1/s1. The number of ether oxygens (including phenoxy) is 1. The lowest BCUT2D eigenvalue weighted by molar-refractivity contribution is -0.138. The SMILES string of the molecule is CC1=CC(C)(C)Nc2ccc(OC(=O)[C@@H](Cc3ccccc3)N3C(=O)c4ccccc4C3=O)cc21. The molecule has 1 atom stereocenters. The molecule has 0 aliphatic carbocycles. The molecule has 2 aliphatic rings. The van der Waals surface area contributed by atoms with Gasteiger partial charge in [-0.3, -0.25) is 14.5 Å². The van der Waals surface area contributed by atoms with Crippen molar-refractivity contribution in [2.24, 2.45) is 0 Å². The summed E-state index contributed by atoms with van der Waals surface area (Å²) in [4.78, 5) is 40.9. The van der Waals surface area contributed by atoms with E-state index in [-0.39, 0.29) is 12.0 Å². The Bertz CT molecular complexity index is 1340. The van der Waals surface area contributed by atoms with Gasteiger partial charge in [0.1, 0.15) is 11.8 Å². The number of amides is 2. The molecule has 35 heavy (non-hydrogen) atoms. The molecule has 0 saturated carbocycles. The Morgan fingerprint density at radius 2 is 1.54 bits per heavy atom. The summed E-state index contributed by atoms with van der Waals surface area (Å²) in [5, 5.41) is 3.45. The fraction of sp³-hybridized carbons (Fsp3) is 0.207. The van der Waals surface area contributed by atoms with Crippen molar-refractivity contribution in [1.82, 2.24) is 4.90 Å². The number of benzene rings is 3. The number of esters is 1. The van der Waals surface area contributed by atoms with Crippen molar-refractivity contribution in [1.29, 1.82) is 0 Å². The van der Waals surface area contributed by atoms with Crippen LogP contribution in [0.25, 0.3) is 5.57 Å². The Balaban J connectivity index is 1.46. The monoisotopic (exact) mass is 466 g/mol. The van der Waals surface area contributed by atoms with Gasteiger partial charge in [0.25, 0.3) is 11.8 Å². The first-order valence-electron chi connectivity index (χ1n) is 11.6. The number of anilines is 1. The predicted octanol–water partition coefficient (Wildman–Crippen LogP) is 5.11. The molecular formula is C29H26N2O4. The molecule has 6 heteroatoms. The Kier molecular flexibility index (Phi) is 5.52. The molecule has 3 aromatic carbocycles. The van der Waals surface area contributed by atoms with E-state index in [4.69, 9.17) is 4.74 Å². The van der Waals surface area contributed by atoms with Crippen LogP contribution in [0.3, 0.4) is 0 Å². The summed E-state index contributed by atoms with van der Waals surface area (Å²) in [6.07, 6.45) is 2.28. The van der Waals surface area contributed by atoms with Crippen LogP contribution in [-0.4, -0.2) is 34.3 Å². The fourth-order valence-electron chi connectivity index (χ4n) is 4.82. The number of allylic oxidation sites excluding steroid dienone is 1. The maximum Gasteiger partial charge on any atom is 0.335 e. The average Bonchev–Trinajstić information content (AvgIpc) is 3.08. The minimum atomic E-state index is -1.10. The normalized spacial score (nSPS) is 16.7. The Labute approximate surface area is 204 Å². The number of carbonyl (C=O) groups excluding carboxylic acids is 3. The van der Waals surface area contributed by atoms with Gasteiger partial charge in [0, 0.05) is 17.7 Å². The Hall–Kier alpha value is -4.19. The summed E-state index contributed by atoms with van der Waals surface area (Å²) in [5.74, 6) is -1.27. The molecule has 0 unspecified atom stereocenters. The van der Waals surface area contributed by atoms with Crippen molar-refractivity contribution >= 4 is 29.0 Å². The van der Waals surface area contributed by atoms with Gasteiger partial charge >= 0.3 is 5.97 Å². The quantitative estimate of drug-likeness (QED) is 0.321. The van der Waals surface area contributed by atoms with E-state index in [0.717, 1.165) is 27.3 Å². The van der Waals surface area contributed by atoms with E-state index >= 15 is 0 Å². The van der Waals surface area contributed by atoms with E-state index in [9.17, 15) is 14.4 Å². The lowest BCUT2D eigenvalue weighted by Crippen LogP contribution is -2.48. The molecule has 0 radical (unpaired) electrons. The number of nitrogens with one attached hydrogen (secondary N) is 1. The highest BCUT2D eigenvalue weighted by Crippen LogP contribution is 2.36. The minimum Gasteiger partial charge on any atom is -0.425 e. The lowest BCUT2D eigenvalue weighted by atomic mass is 9.91. The molecule has 5 rings (SSSR count). The predicted molar refractivity (Wildman–Crippen MR) is 134 cm³/mol. The number of hydrogen-bond acceptors (Lipinski definition) is 5. The molecule has 0 fully saturated rings. The van der Waals surface area contributed by atoms with Crippen molar-refractivity contribution in [2.45, 2.75) is 38.8 Å². The van der Waals surface area contributed by atoms with Crippen LogP contribution in [-0.2, 0) is 11.2 Å². The number of hydrogen-bond donors (Lipinski definition) is 1. The van der Waals surface area contributed by atoms with Gasteiger partial charge in [0.05, 0.1) is 16.7 Å². The van der Waals surface area contributed by atoms with E-state index < -0.39 is 23.8 Å². The van der Waals surface area contributed by atoms with Crippen molar-refractivity contribution in [3.05, 3.63) is 101 Å². The zero-order chi connectivity index (χ0) is 24.7. The van der Waals surface area contributed by atoms with Gasteiger partial charge in [0.15, 0.2) is 0 Å². The molecule has 176 valence electrons. The first-order chi connectivity index (χ1) is 16.7. The second kappa shape index (κ2) is 8.55. The molecule has 0 saturated heterocycles. The zero-order valence-corrected chi connectivity index (χ0v) is 19.9. The van der Waals surface area contributed by atoms with Gasteiger partial charge in [-0.25, -0.2) is 4.79 Å². The van der Waals surface area contributed by atoms with Crippen LogP contribution in [0.5, 0.6) is 5.75 Å². The van der Waals surface area contributed by atoms with E-state index in [1.165, 1.54) is 0 Å². The summed E-state index contributed by atoms with van der Waals surface area (Å²) >= 11 is 0. The first-order valence-corrected chi connectivity index (χ1v) is 11.6. The fourth-order valence-corrected chi connectivity index (χ4v) is 4.82. The number of imide groups is 1. The van der Waals surface area contributed by atoms with Crippen LogP contribution in [0.4, 0.5) is 5.69 Å². The molecular weight excluding hydrogens is 440 g/mol.